The minimum absolute atomic E-state index is 0.139. The molecule has 0 aromatic heterocycles. The molecule has 0 unspecified atom stereocenters. The number of anilines is 1. The smallest absolute Gasteiger partial charge is 0.337 e. The second-order valence-corrected chi connectivity index (χ2v) is 10.0. The monoisotopic (exact) mass is 484 g/mol. The Morgan fingerprint density at radius 3 is 2.48 bits per heavy atom. The summed E-state index contributed by atoms with van der Waals surface area (Å²) in [5.41, 5.74) is 1.20. The number of ether oxygens (including phenoxy) is 1. The summed E-state index contributed by atoms with van der Waals surface area (Å²) < 4.78 is 31.5. The molecule has 7 nitrogen and oxygen atoms in total. The van der Waals surface area contributed by atoms with Gasteiger partial charge in [0.05, 0.1) is 29.1 Å². The normalized spacial score (nSPS) is 15.5. The van der Waals surface area contributed by atoms with Crippen LogP contribution in [-0.4, -0.2) is 44.8 Å². The van der Waals surface area contributed by atoms with Gasteiger partial charge in [0.25, 0.3) is 0 Å². The molecular formula is C21H22Cl2N2O5S. The first-order valence-electron chi connectivity index (χ1n) is 9.60. The maximum absolute atomic E-state index is 12.7. The third-order valence-electron chi connectivity index (χ3n) is 5.10. The number of carbonyl (C=O) groups is 2. The molecule has 2 aromatic rings. The Labute approximate surface area is 191 Å². The molecule has 166 valence electrons. The quantitative estimate of drug-likeness (QED) is 0.626. The number of nitrogens with zero attached hydrogens (tertiary/aromatic N) is 1. The van der Waals surface area contributed by atoms with E-state index in [1.54, 1.807) is 24.3 Å². The molecule has 0 atom stereocenters. The average Bonchev–Trinajstić information content (AvgIpc) is 2.74. The number of sulfonamides is 1. The van der Waals surface area contributed by atoms with Gasteiger partial charge in [-0.15, -0.1) is 0 Å². The van der Waals surface area contributed by atoms with E-state index in [4.69, 9.17) is 23.2 Å². The molecule has 1 saturated heterocycles. The minimum Gasteiger partial charge on any atom is -0.465 e. The number of piperidine rings is 1. The summed E-state index contributed by atoms with van der Waals surface area (Å²) in [5, 5.41) is 3.52. The Morgan fingerprint density at radius 2 is 1.84 bits per heavy atom. The molecule has 1 heterocycles. The predicted octanol–water partition coefficient (Wildman–Crippen LogP) is 3.96. The van der Waals surface area contributed by atoms with Gasteiger partial charge in [-0.25, -0.2) is 17.5 Å². The number of hydrogen-bond acceptors (Lipinski definition) is 5. The van der Waals surface area contributed by atoms with E-state index < -0.39 is 16.0 Å². The Bertz CT molecular complexity index is 1080. The summed E-state index contributed by atoms with van der Waals surface area (Å²) in [7, 11) is -2.25. The van der Waals surface area contributed by atoms with Gasteiger partial charge in [0.2, 0.25) is 15.9 Å². The summed E-state index contributed by atoms with van der Waals surface area (Å²) in [6, 6.07) is 11.2. The van der Waals surface area contributed by atoms with Crippen LogP contribution in [0, 0.1) is 5.92 Å². The van der Waals surface area contributed by atoms with Crippen LogP contribution < -0.4 is 5.32 Å². The van der Waals surface area contributed by atoms with E-state index in [2.05, 4.69) is 10.1 Å². The molecule has 1 amide bonds. The molecule has 0 bridgehead atoms. The van der Waals surface area contributed by atoms with Crippen LogP contribution in [0.1, 0.15) is 28.8 Å². The van der Waals surface area contributed by atoms with E-state index in [1.165, 1.54) is 29.6 Å². The van der Waals surface area contributed by atoms with Gasteiger partial charge >= 0.3 is 5.97 Å². The van der Waals surface area contributed by atoms with E-state index in [9.17, 15) is 18.0 Å². The van der Waals surface area contributed by atoms with Crippen molar-refractivity contribution >= 4 is 50.8 Å². The molecule has 10 heteroatoms. The predicted molar refractivity (Wildman–Crippen MR) is 120 cm³/mol. The maximum atomic E-state index is 12.7. The van der Waals surface area contributed by atoms with Gasteiger partial charge in [0, 0.05) is 24.0 Å². The Balaban J connectivity index is 1.60. The van der Waals surface area contributed by atoms with Crippen molar-refractivity contribution in [2.24, 2.45) is 5.92 Å². The number of benzene rings is 2. The molecular weight excluding hydrogens is 463 g/mol. The first kappa shape index (κ1) is 23.5. The lowest BCUT2D eigenvalue weighted by Gasteiger charge is -2.30. The van der Waals surface area contributed by atoms with Gasteiger partial charge in [-0.3, -0.25) is 4.79 Å². The van der Waals surface area contributed by atoms with Crippen LogP contribution in [0.15, 0.2) is 42.5 Å². The maximum Gasteiger partial charge on any atom is 0.337 e. The summed E-state index contributed by atoms with van der Waals surface area (Å²) in [6.07, 6.45) is 0.768. The highest BCUT2D eigenvalue weighted by Gasteiger charge is 2.31. The van der Waals surface area contributed by atoms with Crippen LogP contribution in [0.4, 0.5) is 5.69 Å². The van der Waals surface area contributed by atoms with Gasteiger partial charge in [0.15, 0.2) is 0 Å². The van der Waals surface area contributed by atoms with Crippen molar-refractivity contribution in [1.29, 1.82) is 0 Å². The van der Waals surface area contributed by atoms with Gasteiger partial charge in [-0.05, 0) is 48.7 Å². The summed E-state index contributed by atoms with van der Waals surface area (Å²) in [4.78, 5) is 24.4. The van der Waals surface area contributed by atoms with Crippen molar-refractivity contribution in [3.8, 4) is 0 Å². The number of nitrogens with one attached hydrogen (secondary N) is 1. The summed E-state index contributed by atoms with van der Waals surface area (Å²) >= 11 is 12.1. The van der Waals surface area contributed by atoms with E-state index >= 15 is 0 Å². The Hall–Kier alpha value is -2.13. The van der Waals surface area contributed by atoms with Crippen molar-refractivity contribution in [3.05, 3.63) is 63.6 Å². The highest BCUT2D eigenvalue weighted by molar-refractivity contribution is 7.88. The first-order chi connectivity index (χ1) is 14.7. The van der Waals surface area contributed by atoms with Crippen LogP contribution in [0.5, 0.6) is 0 Å². The standard InChI is InChI=1S/C21H22Cl2N2O5S/c1-30-21(27)16-5-6-18(23)19(12-16)24-20(26)15-7-9-25(10-8-15)31(28,29)13-14-3-2-4-17(22)11-14/h2-6,11-12,15H,7-10,13H2,1H3,(H,24,26). The van der Waals surface area contributed by atoms with Crippen LogP contribution >= 0.6 is 23.2 Å². The molecule has 1 fully saturated rings. The lowest BCUT2D eigenvalue weighted by Crippen LogP contribution is -2.41. The molecule has 3 rings (SSSR count). The van der Waals surface area contributed by atoms with E-state index in [1.807, 2.05) is 0 Å². The van der Waals surface area contributed by atoms with Gasteiger partial charge < -0.3 is 10.1 Å². The number of carbonyl (C=O) groups excluding carboxylic acids is 2. The molecule has 1 aliphatic rings. The zero-order valence-electron chi connectivity index (χ0n) is 16.8. The molecule has 1 N–H and O–H groups in total. The van der Waals surface area contributed by atoms with Crippen molar-refractivity contribution in [2.75, 3.05) is 25.5 Å². The molecule has 0 radical (unpaired) electrons. The van der Waals surface area contributed by atoms with Gasteiger partial charge in [-0.2, -0.15) is 0 Å². The summed E-state index contributed by atoms with van der Waals surface area (Å²) in [6.45, 7) is 0.494. The van der Waals surface area contributed by atoms with Crippen LogP contribution in [-0.2, 0) is 25.3 Å². The number of esters is 1. The first-order valence-corrected chi connectivity index (χ1v) is 12.0. The zero-order valence-corrected chi connectivity index (χ0v) is 19.1. The molecule has 1 aliphatic heterocycles. The highest BCUT2D eigenvalue weighted by atomic mass is 35.5. The Morgan fingerprint density at radius 1 is 1.13 bits per heavy atom. The molecule has 0 spiro atoms. The van der Waals surface area contributed by atoms with Gasteiger partial charge in [0.1, 0.15) is 0 Å². The van der Waals surface area contributed by atoms with Gasteiger partial charge in [-0.1, -0.05) is 35.3 Å². The zero-order chi connectivity index (χ0) is 22.6. The largest absolute Gasteiger partial charge is 0.465 e. The highest BCUT2D eigenvalue weighted by Crippen LogP contribution is 2.27. The van der Waals surface area contributed by atoms with Crippen LogP contribution in [0.3, 0.4) is 0 Å². The van der Waals surface area contributed by atoms with Crippen LogP contribution in [0.2, 0.25) is 10.0 Å². The Kier molecular flexibility index (Phi) is 7.59. The van der Waals surface area contributed by atoms with Crippen molar-refractivity contribution in [3.63, 3.8) is 0 Å². The minimum atomic E-state index is -3.52. The molecule has 0 saturated carbocycles. The number of amides is 1. The molecule has 2 aromatic carbocycles. The van der Waals surface area contributed by atoms with Crippen molar-refractivity contribution in [2.45, 2.75) is 18.6 Å². The van der Waals surface area contributed by atoms with E-state index in [0.717, 1.165) is 0 Å². The summed E-state index contributed by atoms with van der Waals surface area (Å²) in [5.74, 6) is -1.31. The SMILES string of the molecule is COC(=O)c1ccc(Cl)c(NC(=O)C2CCN(S(=O)(=O)Cc3cccc(Cl)c3)CC2)c1. The average molecular weight is 485 g/mol. The second kappa shape index (κ2) is 9.99. The molecule has 31 heavy (non-hydrogen) atoms. The third-order valence-corrected chi connectivity index (χ3v) is 7.52. The number of methoxy groups -OCH3 is 1. The van der Waals surface area contributed by atoms with E-state index in [0.29, 0.717) is 34.1 Å². The lowest BCUT2D eigenvalue weighted by molar-refractivity contribution is -0.120. The topological polar surface area (TPSA) is 92.8 Å². The number of hydrogen-bond donors (Lipinski definition) is 1. The third kappa shape index (κ3) is 5.98. The lowest BCUT2D eigenvalue weighted by atomic mass is 9.97. The van der Waals surface area contributed by atoms with Crippen molar-refractivity contribution < 1.29 is 22.7 Å². The second-order valence-electron chi connectivity index (χ2n) is 7.23. The number of rotatable bonds is 6. The fourth-order valence-electron chi connectivity index (χ4n) is 3.43. The van der Waals surface area contributed by atoms with Crippen molar-refractivity contribution in [1.82, 2.24) is 4.31 Å². The fourth-order valence-corrected chi connectivity index (χ4v) is 5.35. The number of halogens is 2. The van der Waals surface area contributed by atoms with E-state index in [-0.39, 0.29) is 36.2 Å². The van der Waals surface area contributed by atoms with Crippen LogP contribution in [0.25, 0.3) is 0 Å². The molecule has 0 aliphatic carbocycles. The fraction of sp³-hybridized carbons (Fsp3) is 0.333.